The van der Waals surface area contributed by atoms with Gasteiger partial charge in [-0.25, -0.2) is 8.78 Å². The fourth-order valence-corrected chi connectivity index (χ4v) is 2.59. The van der Waals surface area contributed by atoms with Gasteiger partial charge in [-0.05, 0) is 37.8 Å². The summed E-state index contributed by atoms with van der Waals surface area (Å²) >= 11 is 0. The molecule has 1 aromatic carbocycles. The molecule has 0 heterocycles. The number of hydrogen-bond donors (Lipinski definition) is 0. The highest BCUT2D eigenvalue weighted by molar-refractivity contribution is 5.98. The normalized spacial score (nSPS) is 23.6. The number of carbonyl (C=O) groups is 1. The predicted molar refractivity (Wildman–Crippen MR) is 62.2 cm³/mol. The SMILES string of the molecule is O=C(c1ccc(F)cc1F)C1CCC(C(F)(F)F)CC1. The Bertz CT molecular complexity index is 501. The van der Waals surface area contributed by atoms with E-state index in [1.807, 2.05) is 0 Å². The highest BCUT2D eigenvalue weighted by Gasteiger charge is 2.42. The molecule has 0 N–H and O–H groups in total. The minimum absolute atomic E-state index is 0.0832. The summed E-state index contributed by atoms with van der Waals surface area (Å²) in [7, 11) is 0. The van der Waals surface area contributed by atoms with Crippen molar-refractivity contribution in [3.05, 3.63) is 35.4 Å². The van der Waals surface area contributed by atoms with Crippen LogP contribution in [0.25, 0.3) is 0 Å². The monoisotopic (exact) mass is 292 g/mol. The molecule has 0 spiro atoms. The van der Waals surface area contributed by atoms with Crippen LogP contribution in [0.15, 0.2) is 18.2 Å². The average molecular weight is 292 g/mol. The van der Waals surface area contributed by atoms with Gasteiger partial charge in [-0.1, -0.05) is 0 Å². The van der Waals surface area contributed by atoms with Gasteiger partial charge < -0.3 is 0 Å². The van der Waals surface area contributed by atoms with Crippen molar-refractivity contribution in [2.75, 3.05) is 0 Å². The first kappa shape index (κ1) is 14.9. The Morgan fingerprint density at radius 3 is 2.15 bits per heavy atom. The van der Waals surface area contributed by atoms with Crippen molar-refractivity contribution in [3.8, 4) is 0 Å². The summed E-state index contributed by atoms with van der Waals surface area (Å²) in [4.78, 5) is 12.0. The number of benzene rings is 1. The Balaban J connectivity index is 2.05. The summed E-state index contributed by atoms with van der Waals surface area (Å²) < 4.78 is 63.8. The number of rotatable bonds is 2. The molecule has 1 aliphatic rings. The Kier molecular flexibility index (Phi) is 4.11. The number of carbonyl (C=O) groups excluding carboxylic acids is 1. The Hall–Kier alpha value is -1.46. The Morgan fingerprint density at radius 2 is 1.65 bits per heavy atom. The van der Waals surface area contributed by atoms with E-state index in [1.165, 1.54) is 0 Å². The lowest BCUT2D eigenvalue weighted by Gasteiger charge is -2.29. The van der Waals surface area contributed by atoms with Crippen LogP contribution in [0.2, 0.25) is 0 Å². The molecule has 20 heavy (non-hydrogen) atoms. The number of ketones is 1. The van der Waals surface area contributed by atoms with Gasteiger partial charge in [0.2, 0.25) is 0 Å². The predicted octanol–water partition coefficient (Wildman–Crippen LogP) is 4.52. The molecular weight excluding hydrogens is 279 g/mol. The Labute approximate surface area is 112 Å². The summed E-state index contributed by atoms with van der Waals surface area (Å²) in [6.45, 7) is 0. The van der Waals surface area contributed by atoms with Crippen LogP contribution in [0.1, 0.15) is 36.0 Å². The van der Waals surface area contributed by atoms with Gasteiger partial charge in [0.15, 0.2) is 5.78 Å². The lowest BCUT2D eigenvalue weighted by atomic mass is 9.78. The van der Waals surface area contributed by atoms with Gasteiger partial charge in [0.1, 0.15) is 11.6 Å². The lowest BCUT2D eigenvalue weighted by Crippen LogP contribution is -2.30. The van der Waals surface area contributed by atoms with Crippen molar-refractivity contribution in [3.63, 3.8) is 0 Å². The molecule has 1 aromatic rings. The molecule has 0 saturated heterocycles. The van der Waals surface area contributed by atoms with Crippen molar-refractivity contribution >= 4 is 5.78 Å². The summed E-state index contributed by atoms with van der Waals surface area (Å²) in [5.41, 5.74) is -0.248. The zero-order valence-corrected chi connectivity index (χ0v) is 10.5. The molecule has 2 rings (SSSR count). The highest BCUT2D eigenvalue weighted by Crippen LogP contribution is 2.40. The van der Waals surface area contributed by atoms with E-state index in [9.17, 15) is 26.7 Å². The summed E-state index contributed by atoms with van der Waals surface area (Å²) in [6, 6.07) is 2.62. The maximum absolute atomic E-state index is 13.5. The van der Waals surface area contributed by atoms with Gasteiger partial charge in [0.05, 0.1) is 11.5 Å². The van der Waals surface area contributed by atoms with Crippen molar-refractivity contribution in [2.24, 2.45) is 11.8 Å². The van der Waals surface area contributed by atoms with Gasteiger partial charge >= 0.3 is 6.18 Å². The zero-order valence-electron chi connectivity index (χ0n) is 10.5. The van der Waals surface area contributed by atoms with E-state index in [4.69, 9.17) is 0 Å². The van der Waals surface area contributed by atoms with Crippen LogP contribution in [0.3, 0.4) is 0 Å². The number of alkyl halides is 3. The van der Waals surface area contributed by atoms with Crippen molar-refractivity contribution in [2.45, 2.75) is 31.9 Å². The minimum Gasteiger partial charge on any atom is -0.294 e. The first-order chi connectivity index (χ1) is 9.29. The summed E-state index contributed by atoms with van der Waals surface area (Å²) in [5, 5.41) is 0. The molecule has 0 aliphatic heterocycles. The van der Waals surface area contributed by atoms with E-state index < -0.39 is 35.4 Å². The fraction of sp³-hybridized carbons (Fsp3) is 0.500. The first-order valence-corrected chi connectivity index (χ1v) is 6.35. The van der Waals surface area contributed by atoms with Crippen LogP contribution in [0, 0.1) is 23.5 Å². The molecule has 1 saturated carbocycles. The van der Waals surface area contributed by atoms with Crippen molar-refractivity contribution in [1.29, 1.82) is 0 Å². The smallest absolute Gasteiger partial charge is 0.294 e. The quantitative estimate of drug-likeness (QED) is 0.578. The minimum atomic E-state index is -4.24. The van der Waals surface area contributed by atoms with Gasteiger partial charge in [-0.3, -0.25) is 4.79 Å². The molecular formula is C14H13F5O. The topological polar surface area (TPSA) is 17.1 Å². The lowest BCUT2D eigenvalue weighted by molar-refractivity contribution is -0.183. The number of halogens is 5. The third-order valence-electron chi connectivity index (χ3n) is 3.76. The van der Waals surface area contributed by atoms with Gasteiger partial charge in [-0.2, -0.15) is 13.2 Å². The Morgan fingerprint density at radius 1 is 1.05 bits per heavy atom. The molecule has 1 nitrogen and oxygen atoms in total. The molecule has 1 fully saturated rings. The molecule has 1 aliphatic carbocycles. The van der Waals surface area contributed by atoms with E-state index >= 15 is 0 Å². The molecule has 0 unspecified atom stereocenters. The molecule has 0 amide bonds. The highest BCUT2D eigenvalue weighted by atomic mass is 19.4. The van der Waals surface area contributed by atoms with Gasteiger partial charge in [-0.15, -0.1) is 0 Å². The van der Waals surface area contributed by atoms with Gasteiger partial charge in [0, 0.05) is 12.0 Å². The standard InChI is InChI=1S/C14H13F5O/c15-10-5-6-11(12(16)7-10)13(20)8-1-3-9(4-2-8)14(17,18)19/h5-9H,1-4H2. The van der Waals surface area contributed by atoms with Crippen LogP contribution in [0.5, 0.6) is 0 Å². The fourth-order valence-electron chi connectivity index (χ4n) is 2.59. The molecule has 0 aromatic heterocycles. The molecule has 110 valence electrons. The second-order valence-electron chi connectivity index (χ2n) is 5.08. The molecule has 0 radical (unpaired) electrons. The third-order valence-corrected chi connectivity index (χ3v) is 3.76. The van der Waals surface area contributed by atoms with Crippen LogP contribution in [-0.2, 0) is 0 Å². The largest absolute Gasteiger partial charge is 0.391 e. The average Bonchev–Trinajstić information content (AvgIpc) is 2.37. The van der Waals surface area contributed by atoms with Crippen LogP contribution in [0.4, 0.5) is 22.0 Å². The second-order valence-corrected chi connectivity index (χ2v) is 5.08. The maximum Gasteiger partial charge on any atom is 0.391 e. The van der Waals surface area contributed by atoms with E-state index in [-0.39, 0.29) is 31.2 Å². The molecule has 0 bridgehead atoms. The number of hydrogen-bond acceptors (Lipinski definition) is 1. The molecule has 6 heteroatoms. The van der Waals surface area contributed by atoms with Crippen molar-refractivity contribution in [1.82, 2.24) is 0 Å². The summed E-state index contributed by atoms with van der Waals surface area (Å²) in [5.74, 6) is -4.30. The first-order valence-electron chi connectivity index (χ1n) is 6.35. The van der Waals surface area contributed by atoms with E-state index in [0.717, 1.165) is 12.1 Å². The molecule has 0 atom stereocenters. The van der Waals surface area contributed by atoms with Crippen LogP contribution >= 0.6 is 0 Å². The van der Waals surface area contributed by atoms with Crippen LogP contribution < -0.4 is 0 Å². The van der Waals surface area contributed by atoms with E-state index in [0.29, 0.717) is 6.07 Å². The summed E-state index contributed by atoms with van der Waals surface area (Å²) in [6.07, 6.45) is -4.32. The van der Waals surface area contributed by atoms with E-state index in [2.05, 4.69) is 0 Å². The number of Topliss-reactive ketones (excluding diaryl/α,β-unsaturated/α-hetero) is 1. The second kappa shape index (κ2) is 5.50. The van der Waals surface area contributed by atoms with E-state index in [1.54, 1.807) is 0 Å². The third kappa shape index (κ3) is 3.16. The zero-order chi connectivity index (χ0) is 14.9. The van der Waals surface area contributed by atoms with Gasteiger partial charge in [0.25, 0.3) is 0 Å². The van der Waals surface area contributed by atoms with Crippen LogP contribution in [-0.4, -0.2) is 12.0 Å². The maximum atomic E-state index is 13.5. The van der Waals surface area contributed by atoms with Crippen molar-refractivity contribution < 1.29 is 26.7 Å².